The van der Waals surface area contributed by atoms with E-state index in [0.29, 0.717) is 16.6 Å². The van der Waals surface area contributed by atoms with E-state index in [1.54, 1.807) is 13.0 Å². The quantitative estimate of drug-likeness (QED) is 0.672. The summed E-state index contributed by atoms with van der Waals surface area (Å²) < 4.78 is 0. The fourth-order valence-electron chi connectivity index (χ4n) is 2.66. The number of carboxylic acid groups (broad SMARTS) is 1. The van der Waals surface area contributed by atoms with Crippen molar-refractivity contribution in [1.82, 2.24) is 10.3 Å². The molecular formula is C14H21N3O3S. The Bertz CT molecular complexity index is 530. The average molecular weight is 311 g/mol. The van der Waals surface area contributed by atoms with Gasteiger partial charge in [0.15, 0.2) is 0 Å². The number of aromatic carboxylic acids is 1. The zero-order valence-electron chi connectivity index (χ0n) is 12.2. The van der Waals surface area contributed by atoms with Gasteiger partial charge >= 0.3 is 12.0 Å². The molecule has 1 aromatic rings. The van der Waals surface area contributed by atoms with E-state index in [4.69, 9.17) is 5.11 Å². The fourth-order valence-corrected chi connectivity index (χ4v) is 3.80. The van der Waals surface area contributed by atoms with Crippen molar-refractivity contribution in [2.24, 2.45) is 0 Å². The number of nitrogens with one attached hydrogen (secondary N) is 3. The van der Waals surface area contributed by atoms with Crippen LogP contribution in [0.5, 0.6) is 0 Å². The summed E-state index contributed by atoms with van der Waals surface area (Å²) >= 11 is 1.93. The minimum Gasteiger partial charge on any atom is -0.477 e. The Balaban J connectivity index is 1.89. The van der Waals surface area contributed by atoms with Crippen LogP contribution in [0.3, 0.4) is 0 Å². The molecule has 0 aliphatic heterocycles. The van der Waals surface area contributed by atoms with Gasteiger partial charge in [0.05, 0.1) is 5.69 Å². The predicted octanol–water partition coefficient (Wildman–Crippen LogP) is 2.82. The van der Waals surface area contributed by atoms with Crippen molar-refractivity contribution in [3.05, 3.63) is 17.5 Å². The molecule has 2 unspecified atom stereocenters. The van der Waals surface area contributed by atoms with Gasteiger partial charge in [-0.3, -0.25) is 0 Å². The highest BCUT2D eigenvalue weighted by molar-refractivity contribution is 7.99. The number of urea groups is 1. The standard InChI is InChI=1S/C14H21N3O3S/c1-3-21-10-5-4-9(7-10)16-14(20)17-11-6-8(2)15-12(11)13(18)19/h6,9-10,15H,3-5,7H2,1-2H3,(H,18,19)(H2,16,17,20). The number of hydrogen-bond donors (Lipinski definition) is 4. The van der Waals surface area contributed by atoms with Crippen LogP contribution >= 0.6 is 11.8 Å². The van der Waals surface area contributed by atoms with Crippen LogP contribution in [0.1, 0.15) is 42.4 Å². The van der Waals surface area contributed by atoms with Crippen LogP contribution in [0.15, 0.2) is 6.07 Å². The summed E-state index contributed by atoms with van der Waals surface area (Å²) in [6.07, 6.45) is 3.07. The van der Waals surface area contributed by atoms with Crippen molar-refractivity contribution < 1.29 is 14.7 Å². The number of rotatable bonds is 5. The maximum Gasteiger partial charge on any atom is 0.354 e. The molecule has 1 aliphatic rings. The van der Waals surface area contributed by atoms with Crippen molar-refractivity contribution in [2.75, 3.05) is 11.1 Å². The lowest BCUT2D eigenvalue weighted by atomic mass is 10.2. The second kappa shape index (κ2) is 6.89. The summed E-state index contributed by atoms with van der Waals surface area (Å²) in [5.41, 5.74) is 1.01. The Morgan fingerprint density at radius 2 is 2.24 bits per heavy atom. The molecule has 0 spiro atoms. The van der Waals surface area contributed by atoms with Gasteiger partial charge in [-0.25, -0.2) is 9.59 Å². The van der Waals surface area contributed by atoms with Crippen LogP contribution in [-0.4, -0.2) is 39.1 Å². The smallest absolute Gasteiger partial charge is 0.354 e. The van der Waals surface area contributed by atoms with Crippen molar-refractivity contribution in [3.8, 4) is 0 Å². The number of hydrogen-bond acceptors (Lipinski definition) is 3. The largest absolute Gasteiger partial charge is 0.477 e. The topological polar surface area (TPSA) is 94.2 Å². The molecule has 2 atom stereocenters. The van der Waals surface area contributed by atoms with Gasteiger partial charge in [-0.1, -0.05) is 6.92 Å². The number of aromatic nitrogens is 1. The molecule has 4 N–H and O–H groups in total. The number of H-pyrrole nitrogens is 1. The SMILES string of the molecule is CCSC1CCC(NC(=O)Nc2cc(C)[nH]c2C(=O)O)C1. The summed E-state index contributed by atoms with van der Waals surface area (Å²) in [4.78, 5) is 25.8. The first kappa shape index (κ1) is 15.8. The predicted molar refractivity (Wildman–Crippen MR) is 84.2 cm³/mol. The minimum atomic E-state index is -1.08. The maximum atomic E-state index is 12.0. The van der Waals surface area contributed by atoms with Gasteiger partial charge in [0.1, 0.15) is 5.69 Å². The van der Waals surface area contributed by atoms with Crippen molar-refractivity contribution in [3.63, 3.8) is 0 Å². The van der Waals surface area contributed by atoms with Crippen molar-refractivity contribution >= 4 is 29.4 Å². The lowest BCUT2D eigenvalue weighted by Gasteiger charge is -2.13. The first-order valence-electron chi connectivity index (χ1n) is 7.11. The molecular weight excluding hydrogens is 290 g/mol. The molecule has 1 aliphatic carbocycles. The summed E-state index contributed by atoms with van der Waals surface area (Å²) in [6, 6.07) is 1.44. The second-order valence-electron chi connectivity index (χ2n) is 5.23. The molecule has 7 heteroatoms. The monoisotopic (exact) mass is 311 g/mol. The lowest BCUT2D eigenvalue weighted by Crippen LogP contribution is -2.36. The third-order valence-corrected chi connectivity index (χ3v) is 4.77. The number of anilines is 1. The molecule has 2 rings (SSSR count). The van der Waals surface area contributed by atoms with Gasteiger partial charge in [0.25, 0.3) is 0 Å². The van der Waals surface area contributed by atoms with Gasteiger partial charge in [-0.05, 0) is 38.0 Å². The average Bonchev–Trinajstić information content (AvgIpc) is 2.97. The molecule has 0 bridgehead atoms. The summed E-state index contributed by atoms with van der Waals surface area (Å²) in [7, 11) is 0. The Morgan fingerprint density at radius 1 is 1.48 bits per heavy atom. The zero-order chi connectivity index (χ0) is 15.4. The Labute approximate surface area is 128 Å². The van der Waals surface area contributed by atoms with Crippen molar-refractivity contribution in [2.45, 2.75) is 44.4 Å². The number of carbonyl (C=O) groups is 2. The van der Waals surface area contributed by atoms with E-state index < -0.39 is 5.97 Å². The maximum absolute atomic E-state index is 12.0. The molecule has 116 valence electrons. The molecule has 21 heavy (non-hydrogen) atoms. The number of aromatic amines is 1. The van der Waals surface area contributed by atoms with Crippen LogP contribution in [-0.2, 0) is 0 Å². The Kier molecular flexibility index (Phi) is 5.17. The summed E-state index contributed by atoms with van der Waals surface area (Å²) in [6.45, 7) is 3.89. The van der Waals surface area contributed by atoms with E-state index in [0.717, 1.165) is 25.0 Å². The third kappa shape index (κ3) is 4.17. The molecule has 1 fully saturated rings. The van der Waals surface area contributed by atoms with Crippen LogP contribution in [0.4, 0.5) is 10.5 Å². The molecule has 1 aromatic heterocycles. The van der Waals surface area contributed by atoms with Gasteiger partial charge in [0, 0.05) is 17.0 Å². The van der Waals surface area contributed by atoms with Crippen LogP contribution in [0.2, 0.25) is 0 Å². The highest BCUT2D eigenvalue weighted by Crippen LogP contribution is 2.29. The van der Waals surface area contributed by atoms with E-state index >= 15 is 0 Å². The lowest BCUT2D eigenvalue weighted by molar-refractivity contribution is 0.0692. The Hall–Kier alpha value is -1.63. The summed E-state index contributed by atoms with van der Waals surface area (Å²) in [5.74, 6) is 0.00689. The number of aryl methyl sites for hydroxylation is 1. The fraction of sp³-hybridized carbons (Fsp3) is 0.571. The van der Waals surface area contributed by atoms with Crippen LogP contribution in [0.25, 0.3) is 0 Å². The summed E-state index contributed by atoms with van der Waals surface area (Å²) in [5, 5.41) is 15.2. The van der Waals surface area contributed by atoms with E-state index in [9.17, 15) is 9.59 Å². The second-order valence-corrected chi connectivity index (χ2v) is 6.81. The van der Waals surface area contributed by atoms with Crippen LogP contribution < -0.4 is 10.6 Å². The van der Waals surface area contributed by atoms with Gasteiger partial charge in [-0.2, -0.15) is 11.8 Å². The number of carbonyl (C=O) groups excluding carboxylic acids is 1. The zero-order valence-corrected chi connectivity index (χ0v) is 13.0. The number of amides is 2. The highest BCUT2D eigenvalue weighted by atomic mass is 32.2. The molecule has 1 heterocycles. The van der Waals surface area contributed by atoms with Crippen LogP contribution in [0, 0.1) is 6.92 Å². The van der Waals surface area contributed by atoms with E-state index in [2.05, 4.69) is 22.5 Å². The molecule has 0 radical (unpaired) electrons. The minimum absolute atomic E-state index is 0.00786. The highest BCUT2D eigenvalue weighted by Gasteiger charge is 2.26. The Morgan fingerprint density at radius 3 is 2.90 bits per heavy atom. The van der Waals surface area contributed by atoms with Gasteiger partial charge in [-0.15, -0.1) is 0 Å². The number of thioether (sulfide) groups is 1. The van der Waals surface area contributed by atoms with Crippen molar-refractivity contribution in [1.29, 1.82) is 0 Å². The van der Waals surface area contributed by atoms with E-state index in [1.165, 1.54) is 0 Å². The number of carboxylic acids is 1. The first-order valence-corrected chi connectivity index (χ1v) is 8.16. The molecule has 1 saturated carbocycles. The molecule has 0 saturated heterocycles. The third-order valence-electron chi connectivity index (χ3n) is 3.54. The molecule has 2 amide bonds. The molecule has 6 nitrogen and oxygen atoms in total. The van der Waals surface area contributed by atoms with Gasteiger partial charge in [0.2, 0.25) is 0 Å². The normalized spacial score (nSPS) is 21.2. The first-order chi connectivity index (χ1) is 9.99. The van der Waals surface area contributed by atoms with Gasteiger partial charge < -0.3 is 20.7 Å². The van der Waals surface area contributed by atoms with E-state index in [1.807, 2.05) is 11.8 Å². The van der Waals surface area contributed by atoms with E-state index in [-0.39, 0.29) is 17.8 Å². The molecule has 0 aromatic carbocycles.